The van der Waals surface area contributed by atoms with Crippen LogP contribution in [-0.2, 0) is 14.3 Å². The number of aryl methyl sites for hydroxylation is 1. The summed E-state index contributed by atoms with van der Waals surface area (Å²) in [5.74, 6) is -1.85. The molecule has 22 heavy (non-hydrogen) atoms. The molecule has 3 aliphatic heterocycles. The summed E-state index contributed by atoms with van der Waals surface area (Å²) in [5, 5.41) is 10.1. The summed E-state index contributed by atoms with van der Waals surface area (Å²) in [6, 6.07) is 5.11. The number of aliphatic hydroxyl groups excluding tert-OH is 1. The van der Waals surface area contributed by atoms with Crippen molar-refractivity contribution in [3.8, 4) is 0 Å². The Morgan fingerprint density at radius 1 is 1.36 bits per heavy atom. The molecule has 6 heteroatoms. The highest BCUT2D eigenvalue weighted by molar-refractivity contribution is 6.31. The van der Waals surface area contributed by atoms with E-state index in [1.165, 1.54) is 4.90 Å². The van der Waals surface area contributed by atoms with Crippen molar-refractivity contribution in [1.82, 2.24) is 0 Å². The molecule has 114 valence electrons. The first kappa shape index (κ1) is 13.9. The van der Waals surface area contributed by atoms with Crippen molar-refractivity contribution < 1.29 is 19.4 Å². The fourth-order valence-electron chi connectivity index (χ4n) is 3.74. The van der Waals surface area contributed by atoms with Gasteiger partial charge in [-0.15, -0.1) is 0 Å². The Bertz CT molecular complexity index is 731. The van der Waals surface area contributed by atoms with E-state index in [1.54, 1.807) is 30.4 Å². The van der Waals surface area contributed by atoms with Crippen LogP contribution in [0.5, 0.6) is 0 Å². The van der Waals surface area contributed by atoms with Crippen molar-refractivity contribution >= 4 is 29.1 Å². The number of halogens is 1. The Labute approximate surface area is 132 Å². The number of anilines is 1. The van der Waals surface area contributed by atoms with Crippen LogP contribution in [-0.4, -0.2) is 35.2 Å². The molecule has 1 aromatic rings. The molecular formula is C16H14ClNO4. The second-order valence-electron chi connectivity index (χ2n) is 6.00. The average molecular weight is 320 g/mol. The third-order valence-electron chi connectivity index (χ3n) is 4.81. The van der Waals surface area contributed by atoms with Gasteiger partial charge >= 0.3 is 0 Å². The Balaban J connectivity index is 1.81. The molecule has 2 saturated heterocycles. The zero-order chi connectivity index (χ0) is 15.6. The van der Waals surface area contributed by atoms with E-state index in [-0.39, 0.29) is 18.4 Å². The lowest BCUT2D eigenvalue weighted by molar-refractivity contribution is -0.128. The van der Waals surface area contributed by atoms with Crippen LogP contribution in [0, 0.1) is 18.8 Å². The number of nitrogens with zero attached hydrogens (tertiary/aromatic N) is 1. The fraction of sp³-hybridized carbons (Fsp3) is 0.375. The number of ether oxygens (including phenoxy) is 1. The summed E-state index contributed by atoms with van der Waals surface area (Å²) in [7, 11) is 0. The van der Waals surface area contributed by atoms with Crippen molar-refractivity contribution in [3.05, 3.63) is 40.9 Å². The lowest BCUT2D eigenvalue weighted by Gasteiger charge is -2.26. The lowest BCUT2D eigenvalue weighted by atomic mass is 9.77. The van der Waals surface area contributed by atoms with E-state index in [1.807, 2.05) is 6.92 Å². The predicted octanol–water partition coefficient (Wildman–Crippen LogP) is 1.45. The number of hydrogen-bond acceptors (Lipinski definition) is 4. The van der Waals surface area contributed by atoms with Crippen LogP contribution in [0.3, 0.4) is 0 Å². The molecule has 3 heterocycles. The lowest BCUT2D eigenvalue weighted by Crippen LogP contribution is -2.43. The molecule has 0 aliphatic carbocycles. The number of hydrogen-bond donors (Lipinski definition) is 1. The maximum absolute atomic E-state index is 12.9. The van der Waals surface area contributed by atoms with Crippen molar-refractivity contribution in [3.63, 3.8) is 0 Å². The molecule has 2 bridgehead atoms. The number of fused-ring (bicyclic) bond motifs is 5. The van der Waals surface area contributed by atoms with Gasteiger partial charge in [-0.25, -0.2) is 4.90 Å². The van der Waals surface area contributed by atoms with Gasteiger partial charge in [0.2, 0.25) is 11.8 Å². The number of amides is 2. The van der Waals surface area contributed by atoms with Crippen LogP contribution < -0.4 is 4.90 Å². The molecular weight excluding hydrogens is 306 g/mol. The van der Waals surface area contributed by atoms with Gasteiger partial charge in [-0.2, -0.15) is 0 Å². The van der Waals surface area contributed by atoms with Gasteiger partial charge < -0.3 is 9.84 Å². The first-order chi connectivity index (χ1) is 10.5. The van der Waals surface area contributed by atoms with Gasteiger partial charge in [-0.3, -0.25) is 9.59 Å². The van der Waals surface area contributed by atoms with Gasteiger partial charge in [-0.05, 0) is 24.6 Å². The molecule has 4 atom stereocenters. The maximum atomic E-state index is 12.9. The fourth-order valence-corrected chi connectivity index (χ4v) is 3.91. The van der Waals surface area contributed by atoms with Gasteiger partial charge in [0.15, 0.2) is 0 Å². The highest BCUT2D eigenvalue weighted by Crippen LogP contribution is 2.52. The second kappa shape index (κ2) is 4.41. The zero-order valence-electron chi connectivity index (χ0n) is 11.8. The largest absolute Gasteiger partial charge is 0.393 e. The van der Waals surface area contributed by atoms with E-state index in [9.17, 15) is 14.7 Å². The minimum atomic E-state index is -1.07. The van der Waals surface area contributed by atoms with E-state index >= 15 is 0 Å². The van der Waals surface area contributed by atoms with Gasteiger partial charge in [0.05, 0.1) is 30.2 Å². The SMILES string of the molecule is Cc1ccc(Cl)cc1N1C(=O)[C@@H]2[C@@H](C1=O)[C@]1(CO)C=C[C@H]2O1. The number of carbonyl (C=O) groups excluding carboxylic acids is 2. The zero-order valence-corrected chi connectivity index (χ0v) is 12.6. The number of benzene rings is 1. The van der Waals surface area contributed by atoms with Crippen LogP contribution in [0.15, 0.2) is 30.4 Å². The number of aliphatic hydroxyl groups is 1. The summed E-state index contributed by atoms with van der Waals surface area (Å²) in [4.78, 5) is 26.8. The van der Waals surface area contributed by atoms with Crippen LogP contribution >= 0.6 is 11.6 Å². The van der Waals surface area contributed by atoms with Gasteiger partial charge in [0, 0.05) is 5.02 Å². The summed E-state index contributed by atoms with van der Waals surface area (Å²) < 4.78 is 5.70. The Kier molecular flexibility index (Phi) is 2.79. The number of carbonyl (C=O) groups is 2. The number of rotatable bonds is 2. The average Bonchev–Trinajstić information content (AvgIpc) is 3.14. The Morgan fingerprint density at radius 3 is 2.86 bits per heavy atom. The molecule has 0 unspecified atom stereocenters. The summed E-state index contributed by atoms with van der Waals surface area (Å²) in [6.45, 7) is 1.51. The Morgan fingerprint density at radius 2 is 2.14 bits per heavy atom. The molecule has 3 aliphatic rings. The topological polar surface area (TPSA) is 66.8 Å². The van der Waals surface area contributed by atoms with Crippen LogP contribution in [0.2, 0.25) is 5.02 Å². The third kappa shape index (κ3) is 1.56. The third-order valence-corrected chi connectivity index (χ3v) is 5.05. The van der Waals surface area contributed by atoms with E-state index in [0.29, 0.717) is 10.7 Å². The summed E-state index contributed by atoms with van der Waals surface area (Å²) >= 11 is 6.01. The maximum Gasteiger partial charge on any atom is 0.241 e. The van der Waals surface area contributed by atoms with Crippen molar-refractivity contribution in [2.24, 2.45) is 11.8 Å². The highest BCUT2D eigenvalue weighted by Gasteiger charge is 2.67. The molecule has 0 saturated carbocycles. The smallest absolute Gasteiger partial charge is 0.241 e. The second-order valence-corrected chi connectivity index (χ2v) is 6.44. The quantitative estimate of drug-likeness (QED) is 0.662. The predicted molar refractivity (Wildman–Crippen MR) is 79.5 cm³/mol. The first-order valence-electron chi connectivity index (χ1n) is 7.10. The summed E-state index contributed by atoms with van der Waals surface area (Å²) in [6.07, 6.45) is 3.02. The first-order valence-corrected chi connectivity index (χ1v) is 7.48. The minimum absolute atomic E-state index is 0.287. The normalized spacial score (nSPS) is 35.6. The van der Waals surface area contributed by atoms with Crippen molar-refractivity contribution in [1.29, 1.82) is 0 Å². The van der Waals surface area contributed by atoms with E-state index in [4.69, 9.17) is 16.3 Å². The van der Waals surface area contributed by atoms with Gasteiger partial charge in [0.1, 0.15) is 5.60 Å². The minimum Gasteiger partial charge on any atom is -0.393 e. The van der Waals surface area contributed by atoms with Crippen LogP contribution in [0.4, 0.5) is 5.69 Å². The van der Waals surface area contributed by atoms with E-state index < -0.39 is 23.5 Å². The molecule has 4 rings (SSSR count). The highest BCUT2D eigenvalue weighted by atomic mass is 35.5. The Hall–Kier alpha value is -1.69. The molecule has 5 nitrogen and oxygen atoms in total. The molecule has 1 aromatic carbocycles. The monoisotopic (exact) mass is 319 g/mol. The number of imide groups is 1. The van der Waals surface area contributed by atoms with Gasteiger partial charge in [-0.1, -0.05) is 29.8 Å². The molecule has 0 spiro atoms. The summed E-state index contributed by atoms with van der Waals surface area (Å²) in [5.41, 5.74) is 0.235. The van der Waals surface area contributed by atoms with Crippen molar-refractivity contribution in [2.45, 2.75) is 18.6 Å². The standard InChI is InChI=1S/C16H14ClNO4/c1-8-2-3-9(17)6-10(8)18-14(20)12-11-4-5-16(7-19,22-11)13(12)15(18)21/h2-6,11-13,19H,7H2,1H3/t11-,12+,13+,16-/m1/s1. The molecule has 0 radical (unpaired) electrons. The van der Waals surface area contributed by atoms with Crippen LogP contribution in [0.1, 0.15) is 5.56 Å². The van der Waals surface area contributed by atoms with Crippen LogP contribution in [0.25, 0.3) is 0 Å². The van der Waals surface area contributed by atoms with Crippen molar-refractivity contribution in [2.75, 3.05) is 11.5 Å². The van der Waals surface area contributed by atoms with Gasteiger partial charge in [0.25, 0.3) is 0 Å². The molecule has 0 aromatic heterocycles. The molecule has 2 fully saturated rings. The van der Waals surface area contributed by atoms with E-state index in [0.717, 1.165) is 5.56 Å². The molecule has 1 N–H and O–H groups in total. The van der Waals surface area contributed by atoms with E-state index in [2.05, 4.69) is 0 Å². The molecule has 2 amide bonds.